The van der Waals surface area contributed by atoms with Crippen molar-refractivity contribution in [2.45, 2.75) is 13.2 Å². The molecule has 0 saturated heterocycles. The van der Waals surface area contributed by atoms with Crippen molar-refractivity contribution in [1.82, 2.24) is 0 Å². The fourth-order valence-corrected chi connectivity index (χ4v) is 2.99. The van der Waals surface area contributed by atoms with Crippen molar-refractivity contribution >= 4 is 5.69 Å². The van der Waals surface area contributed by atoms with Gasteiger partial charge in [0.2, 0.25) is 0 Å². The van der Waals surface area contributed by atoms with Crippen LogP contribution in [0.15, 0.2) is 109 Å². The molecule has 0 aliphatic heterocycles. The van der Waals surface area contributed by atoms with Crippen LogP contribution in [0.25, 0.3) is 0 Å². The highest BCUT2D eigenvalue weighted by Gasteiger charge is 2.04. The highest BCUT2D eigenvalue weighted by atomic mass is 16.5. The highest BCUT2D eigenvalue weighted by Crippen LogP contribution is 2.24. The van der Waals surface area contributed by atoms with Gasteiger partial charge in [0.1, 0.15) is 23.9 Å². The van der Waals surface area contributed by atoms with E-state index in [0.717, 1.165) is 34.1 Å². The third kappa shape index (κ3) is 5.39. The van der Waals surface area contributed by atoms with Crippen molar-refractivity contribution in [3.63, 3.8) is 0 Å². The van der Waals surface area contributed by atoms with Gasteiger partial charge in [0.25, 0.3) is 0 Å². The maximum absolute atomic E-state index is 6.04. The zero-order valence-corrected chi connectivity index (χ0v) is 16.1. The molecule has 144 valence electrons. The summed E-state index contributed by atoms with van der Waals surface area (Å²) in [5.41, 5.74) is 3.31. The Kier molecular flexibility index (Phi) is 6.08. The fourth-order valence-electron chi connectivity index (χ4n) is 2.99. The molecule has 3 heteroatoms. The number of nitrogens with one attached hydrogen (secondary N) is 1. The average molecular weight is 381 g/mol. The molecule has 0 unspecified atom stereocenters. The summed E-state index contributed by atoms with van der Waals surface area (Å²) in [6, 6.07) is 36.1. The third-order valence-corrected chi connectivity index (χ3v) is 4.53. The van der Waals surface area contributed by atoms with Crippen molar-refractivity contribution < 1.29 is 9.47 Å². The molecule has 0 aliphatic carbocycles. The number of para-hydroxylation sites is 2. The summed E-state index contributed by atoms with van der Waals surface area (Å²) in [6.07, 6.45) is 0. The maximum Gasteiger partial charge on any atom is 0.127 e. The largest absolute Gasteiger partial charge is 0.489 e. The Labute approximate surface area is 171 Å². The summed E-state index contributed by atoms with van der Waals surface area (Å²) in [5.74, 6) is 2.54. The summed E-state index contributed by atoms with van der Waals surface area (Å²) in [6.45, 7) is 1.24. The summed E-state index contributed by atoms with van der Waals surface area (Å²) in [5, 5.41) is 3.46. The zero-order chi connectivity index (χ0) is 19.7. The van der Waals surface area contributed by atoms with E-state index < -0.39 is 0 Å². The Hall–Kier alpha value is -3.72. The quantitative estimate of drug-likeness (QED) is 0.370. The fraction of sp³-hybridized carbons (Fsp3) is 0.0769. The minimum atomic E-state index is 0.559. The van der Waals surface area contributed by atoms with Crippen molar-refractivity contribution in [2.75, 3.05) is 5.32 Å². The van der Waals surface area contributed by atoms with Crippen LogP contribution in [0.5, 0.6) is 17.2 Å². The van der Waals surface area contributed by atoms with Crippen molar-refractivity contribution in [1.29, 1.82) is 0 Å². The predicted molar refractivity (Wildman–Crippen MR) is 118 cm³/mol. The van der Waals surface area contributed by atoms with E-state index >= 15 is 0 Å². The molecule has 0 radical (unpaired) electrons. The van der Waals surface area contributed by atoms with E-state index in [9.17, 15) is 0 Å². The van der Waals surface area contributed by atoms with Gasteiger partial charge in [-0.05, 0) is 48.0 Å². The standard InChI is InChI=1S/C26H23NO2/c1-3-9-21(10-4-1)20-28-26-14-8-7-11-22(26)19-27-23-15-17-25(18-16-23)29-24-12-5-2-6-13-24/h1-18,27H,19-20H2. The second-order valence-corrected chi connectivity index (χ2v) is 6.68. The number of hydrogen-bond acceptors (Lipinski definition) is 3. The van der Waals surface area contributed by atoms with E-state index in [1.807, 2.05) is 91.0 Å². The Morgan fingerprint density at radius 2 is 1.21 bits per heavy atom. The van der Waals surface area contributed by atoms with Crippen molar-refractivity contribution in [3.8, 4) is 17.2 Å². The molecule has 0 heterocycles. The second-order valence-electron chi connectivity index (χ2n) is 6.68. The molecule has 0 atom stereocenters. The second kappa shape index (κ2) is 9.47. The first-order valence-corrected chi connectivity index (χ1v) is 9.68. The van der Waals surface area contributed by atoms with Gasteiger partial charge in [0.05, 0.1) is 0 Å². The normalized spacial score (nSPS) is 10.3. The number of ether oxygens (including phenoxy) is 2. The lowest BCUT2D eigenvalue weighted by atomic mass is 10.2. The van der Waals surface area contributed by atoms with E-state index in [0.29, 0.717) is 13.2 Å². The summed E-state index contributed by atoms with van der Waals surface area (Å²) in [4.78, 5) is 0. The van der Waals surface area contributed by atoms with Crippen LogP contribution in [0.2, 0.25) is 0 Å². The lowest BCUT2D eigenvalue weighted by molar-refractivity contribution is 0.303. The molecule has 29 heavy (non-hydrogen) atoms. The zero-order valence-electron chi connectivity index (χ0n) is 16.1. The predicted octanol–water partition coefficient (Wildman–Crippen LogP) is 6.67. The molecule has 0 amide bonds. The first-order valence-electron chi connectivity index (χ1n) is 9.68. The van der Waals surface area contributed by atoms with Gasteiger partial charge < -0.3 is 14.8 Å². The molecule has 0 aliphatic rings. The van der Waals surface area contributed by atoms with E-state index in [2.05, 4.69) is 23.5 Å². The van der Waals surface area contributed by atoms with E-state index in [1.54, 1.807) is 0 Å². The van der Waals surface area contributed by atoms with Crippen molar-refractivity contribution in [3.05, 3.63) is 120 Å². The van der Waals surface area contributed by atoms with Gasteiger partial charge >= 0.3 is 0 Å². The first-order chi connectivity index (χ1) is 14.4. The van der Waals surface area contributed by atoms with Gasteiger partial charge in [0.15, 0.2) is 0 Å². The molecule has 0 bridgehead atoms. The van der Waals surface area contributed by atoms with Crippen LogP contribution in [0.1, 0.15) is 11.1 Å². The third-order valence-electron chi connectivity index (χ3n) is 4.53. The lowest BCUT2D eigenvalue weighted by Gasteiger charge is -2.13. The maximum atomic E-state index is 6.04. The summed E-state index contributed by atoms with van der Waals surface area (Å²) >= 11 is 0. The van der Waals surface area contributed by atoms with Crippen molar-refractivity contribution in [2.24, 2.45) is 0 Å². The Morgan fingerprint density at radius 3 is 1.97 bits per heavy atom. The molecule has 0 spiro atoms. The number of rotatable bonds is 8. The van der Waals surface area contributed by atoms with Gasteiger partial charge in [0, 0.05) is 17.8 Å². The van der Waals surface area contributed by atoms with Crippen LogP contribution in [0.3, 0.4) is 0 Å². The molecule has 0 aromatic heterocycles. The van der Waals surface area contributed by atoms with Gasteiger partial charge in [-0.25, -0.2) is 0 Å². The Bertz CT molecular complexity index is 1020. The molecular formula is C26H23NO2. The molecule has 4 aromatic rings. The van der Waals surface area contributed by atoms with Crippen LogP contribution in [0, 0.1) is 0 Å². The number of anilines is 1. The summed E-state index contributed by atoms with van der Waals surface area (Å²) < 4.78 is 11.9. The molecule has 0 saturated carbocycles. The first kappa shape index (κ1) is 18.6. The van der Waals surface area contributed by atoms with E-state index in [-0.39, 0.29) is 0 Å². The van der Waals surface area contributed by atoms with Crippen LogP contribution >= 0.6 is 0 Å². The van der Waals surface area contributed by atoms with Gasteiger partial charge in [-0.1, -0.05) is 66.7 Å². The minimum absolute atomic E-state index is 0.559. The lowest BCUT2D eigenvalue weighted by Crippen LogP contribution is -2.03. The monoisotopic (exact) mass is 381 g/mol. The Morgan fingerprint density at radius 1 is 0.586 bits per heavy atom. The molecule has 4 rings (SSSR count). The summed E-state index contributed by atoms with van der Waals surface area (Å²) in [7, 11) is 0. The van der Waals surface area contributed by atoms with E-state index in [4.69, 9.17) is 9.47 Å². The van der Waals surface area contributed by atoms with Crippen LogP contribution in [0.4, 0.5) is 5.69 Å². The molecule has 1 N–H and O–H groups in total. The molecular weight excluding hydrogens is 358 g/mol. The number of benzene rings is 4. The highest BCUT2D eigenvalue weighted by molar-refractivity contribution is 5.48. The topological polar surface area (TPSA) is 30.5 Å². The Balaban J connectivity index is 1.35. The van der Waals surface area contributed by atoms with Crippen LogP contribution < -0.4 is 14.8 Å². The molecule has 4 aromatic carbocycles. The van der Waals surface area contributed by atoms with Gasteiger partial charge in [-0.15, -0.1) is 0 Å². The SMILES string of the molecule is c1ccc(COc2ccccc2CNc2ccc(Oc3ccccc3)cc2)cc1. The minimum Gasteiger partial charge on any atom is -0.489 e. The molecule has 0 fully saturated rings. The van der Waals surface area contributed by atoms with Crippen LogP contribution in [-0.2, 0) is 13.2 Å². The van der Waals surface area contributed by atoms with E-state index in [1.165, 1.54) is 0 Å². The van der Waals surface area contributed by atoms with Crippen LogP contribution in [-0.4, -0.2) is 0 Å². The molecule has 3 nitrogen and oxygen atoms in total. The average Bonchev–Trinajstić information content (AvgIpc) is 2.79. The van der Waals surface area contributed by atoms with Gasteiger partial charge in [-0.2, -0.15) is 0 Å². The number of hydrogen-bond donors (Lipinski definition) is 1. The smallest absolute Gasteiger partial charge is 0.127 e. The van der Waals surface area contributed by atoms with Gasteiger partial charge in [-0.3, -0.25) is 0 Å².